The van der Waals surface area contributed by atoms with E-state index in [1.807, 2.05) is 30.3 Å². The van der Waals surface area contributed by atoms with E-state index in [0.717, 1.165) is 11.1 Å². The Bertz CT molecular complexity index is 901. The van der Waals surface area contributed by atoms with Gasteiger partial charge in [0.25, 0.3) is 0 Å². The van der Waals surface area contributed by atoms with E-state index < -0.39 is 30.8 Å². The van der Waals surface area contributed by atoms with Crippen molar-refractivity contribution in [3.63, 3.8) is 0 Å². The summed E-state index contributed by atoms with van der Waals surface area (Å²) < 4.78 is 5.58. The van der Waals surface area contributed by atoms with Gasteiger partial charge in [0.2, 0.25) is 11.8 Å². The average molecular weight is 394 g/mol. The standard InChI is InChI=1S/C21H23BN2O5/c1-23-20(25)19(14-7-3-2-4-8-14)21(26)24-18(22(27)28)13-15-11-12-29-17-10-6-5-9-16(15)17/h2-11,18-19,27-28H,12-13H2,1H3,(H,23,25)(H,24,26)/t18-,19?/m0/s1. The number of fused-ring (bicyclic) bond motifs is 1. The van der Waals surface area contributed by atoms with E-state index >= 15 is 0 Å². The molecule has 0 aromatic heterocycles. The zero-order valence-corrected chi connectivity index (χ0v) is 16.0. The molecule has 2 amide bonds. The highest BCUT2D eigenvalue weighted by atomic mass is 16.5. The van der Waals surface area contributed by atoms with E-state index in [9.17, 15) is 19.6 Å². The molecular formula is C21H23BN2O5. The molecule has 0 saturated carbocycles. The summed E-state index contributed by atoms with van der Waals surface area (Å²) in [6.07, 6.45) is 2.02. The summed E-state index contributed by atoms with van der Waals surface area (Å²) in [5.74, 6) is -2.46. The highest BCUT2D eigenvalue weighted by Gasteiger charge is 2.33. The van der Waals surface area contributed by atoms with Crippen molar-refractivity contribution in [2.24, 2.45) is 0 Å². The lowest BCUT2D eigenvalue weighted by Crippen LogP contribution is -2.50. The van der Waals surface area contributed by atoms with Gasteiger partial charge in [-0.05, 0) is 29.7 Å². The largest absolute Gasteiger partial charge is 0.489 e. The fourth-order valence-electron chi connectivity index (χ4n) is 3.34. The fraction of sp³-hybridized carbons (Fsp3) is 0.238. The highest BCUT2D eigenvalue weighted by molar-refractivity contribution is 6.44. The Balaban J connectivity index is 1.80. The lowest BCUT2D eigenvalue weighted by molar-refractivity contribution is -0.131. The summed E-state index contributed by atoms with van der Waals surface area (Å²) in [6, 6.07) is 16.1. The van der Waals surface area contributed by atoms with Gasteiger partial charge in [-0.3, -0.25) is 9.59 Å². The first kappa shape index (κ1) is 20.6. The highest BCUT2D eigenvalue weighted by Crippen LogP contribution is 2.32. The predicted octanol–water partition coefficient (Wildman–Crippen LogP) is 0.879. The van der Waals surface area contributed by atoms with E-state index in [1.54, 1.807) is 30.3 Å². The van der Waals surface area contributed by atoms with E-state index in [2.05, 4.69) is 10.6 Å². The molecule has 29 heavy (non-hydrogen) atoms. The quantitative estimate of drug-likeness (QED) is 0.412. The van der Waals surface area contributed by atoms with Crippen LogP contribution in [0, 0.1) is 0 Å². The third-order valence-electron chi connectivity index (χ3n) is 4.83. The molecule has 0 saturated heterocycles. The van der Waals surface area contributed by atoms with Gasteiger partial charge in [0.1, 0.15) is 18.3 Å². The van der Waals surface area contributed by atoms with Crippen LogP contribution in [0.2, 0.25) is 0 Å². The second-order valence-electron chi connectivity index (χ2n) is 6.73. The lowest BCUT2D eigenvalue weighted by Gasteiger charge is -2.25. The summed E-state index contributed by atoms with van der Waals surface area (Å²) in [5.41, 5.74) is 2.19. The van der Waals surface area contributed by atoms with Gasteiger partial charge in [0.05, 0.1) is 5.94 Å². The van der Waals surface area contributed by atoms with Gasteiger partial charge < -0.3 is 25.4 Å². The number of benzene rings is 2. The number of hydrogen-bond acceptors (Lipinski definition) is 5. The first-order valence-corrected chi connectivity index (χ1v) is 9.35. The Morgan fingerprint density at radius 3 is 2.45 bits per heavy atom. The third-order valence-corrected chi connectivity index (χ3v) is 4.83. The normalized spacial score (nSPS) is 14.5. The SMILES string of the molecule is CNC(=O)C(C(=O)N[C@@H](CC1=CCOc2ccccc21)B(O)O)c1ccccc1. The molecule has 0 bridgehead atoms. The van der Waals surface area contributed by atoms with Crippen molar-refractivity contribution >= 4 is 24.5 Å². The molecule has 0 radical (unpaired) electrons. The molecule has 150 valence electrons. The third kappa shape index (κ3) is 4.85. The van der Waals surface area contributed by atoms with Gasteiger partial charge in [-0.1, -0.05) is 48.5 Å². The fourth-order valence-corrected chi connectivity index (χ4v) is 3.34. The Labute approximate surface area is 169 Å². The van der Waals surface area contributed by atoms with Crippen molar-refractivity contribution in [2.75, 3.05) is 13.7 Å². The van der Waals surface area contributed by atoms with E-state index in [4.69, 9.17) is 4.74 Å². The molecule has 7 nitrogen and oxygen atoms in total. The number of ether oxygens (including phenoxy) is 1. The zero-order valence-electron chi connectivity index (χ0n) is 16.0. The number of carbonyl (C=O) groups excluding carboxylic acids is 2. The molecule has 1 unspecified atom stereocenters. The van der Waals surface area contributed by atoms with Gasteiger partial charge in [-0.2, -0.15) is 0 Å². The first-order chi connectivity index (χ1) is 14.0. The van der Waals surface area contributed by atoms with Gasteiger partial charge >= 0.3 is 7.12 Å². The maximum Gasteiger partial charge on any atom is 0.475 e. The van der Waals surface area contributed by atoms with Crippen LogP contribution in [0.1, 0.15) is 23.5 Å². The molecule has 2 aromatic rings. The van der Waals surface area contributed by atoms with Crippen LogP contribution in [0.4, 0.5) is 0 Å². The molecule has 0 fully saturated rings. The van der Waals surface area contributed by atoms with Crippen LogP contribution >= 0.6 is 0 Å². The summed E-state index contributed by atoms with van der Waals surface area (Å²) in [4.78, 5) is 25.2. The number of likely N-dealkylation sites (N-methyl/N-ethyl adjacent to an activating group) is 1. The minimum Gasteiger partial charge on any atom is -0.489 e. The van der Waals surface area contributed by atoms with Gasteiger partial charge in [0.15, 0.2) is 0 Å². The van der Waals surface area contributed by atoms with Gasteiger partial charge in [-0.15, -0.1) is 0 Å². The van der Waals surface area contributed by atoms with Crippen LogP contribution in [0.15, 0.2) is 60.7 Å². The topological polar surface area (TPSA) is 108 Å². The lowest BCUT2D eigenvalue weighted by atomic mass is 9.74. The summed E-state index contributed by atoms with van der Waals surface area (Å²) in [7, 11) is -0.343. The average Bonchev–Trinajstić information content (AvgIpc) is 2.74. The Morgan fingerprint density at radius 1 is 1.07 bits per heavy atom. The van der Waals surface area contributed by atoms with E-state index in [1.165, 1.54) is 7.05 Å². The minimum atomic E-state index is -1.80. The maximum absolute atomic E-state index is 12.9. The molecule has 2 aromatic carbocycles. The summed E-state index contributed by atoms with van der Waals surface area (Å²) in [5, 5.41) is 24.9. The number of para-hydroxylation sites is 1. The molecule has 4 N–H and O–H groups in total. The molecule has 1 aliphatic rings. The zero-order chi connectivity index (χ0) is 20.8. The number of carbonyl (C=O) groups is 2. The summed E-state index contributed by atoms with van der Waals surface area (Å²) >= 11 is 0. The smallest absolute Gasteiger partial charge is 0.475 e. The van der Waals surface area contributed by atoms with Crippen LogP contribution in [0.25, 0.3) is 5.57 Å². The van der Waals surface area contributed by atoms with Crippen molar-refractivity contribution in [1.29, 1.82) is 0 Å². The van der Waals surface area contributed by atoms with Crippen molar-refractivity contribution in [3.8, 4) is 5.75 Å². The van der Waals surface area contributed by atoms with Crippen LogP contribution in [0.5, 0.6) is 5.75 Å². The molecule has 0 spiro atoms. The molecule has 3 rings (SSSR count). The molecule has 1 aliphatic heterocycles. The van der Waals surface area contributed by atoms with Crippen molar-refractivity contribution < 1.29 is 24.4 Å². The van der Waals surface area contributed by atoms with Crippen LogP contribution in [0.3, 0.4) is 0 Å². The van der Waals surface area contributed by atoms with Gasteiger partial charge in [-0.25, -0.2) is 0 Å². The predicted molar refractivity (Wildman–Crippen MR) is 110 cm³/mol. The van der Waals surface area contributed by atoms with Gasteiger partial charge in [0, 0.05) is 12.6 Å². The minimum absolute atomic E-state index is 0.180. The van der Waals surface area contributed by atoms with E-state index in [-0.39, 0.29) is 6.42 Å². The number of hydrogen-bond donors (Lipinski definition) is 4. The van der Waals surface area contributed by atoms with Crippen LogP contribution < -0.4 is 15.4 Å². The first-order valence-electron chi connectivity index (χ1n) is 9.35. The molecule has 0 aliphatic carbocycles. The second-order valence-corrected chi connectivity index (χ2v) is 6.73. The molecule has 2 atom stereocenters. The molecule has 1 heterocycles. The van der Waals surface area contributed by atoms with E-state index in [0.29, 0.717) is 17.9 Å². The monoisotopic (exact) mass is 394 g/mol. The Kier molecular flexibility index (Phi) is 6.69. The van der Waals surface area contributed by atoms with Crippen molar-refractivity contribution in [3.05, 3.63) is 71.8 Å². The Morgan fingerprint density at radius 2 is 1.76 bits per heavy atom. The number of nitrogens with one attached hydrogen (secondary N) is 2. The molecular weight excluding hydrogens is 371 g/mol. The second kappa shape index (κ2) is 9.40. The number of rotatable bonds is 7. The van der Waals surface area contributed by atoms with Crippen LogP contribution in [-0.4, -0.2) is 48.6 Å². The number of amides is 2. The molecule has 8 heteroatoms. The summed E-state index contributed by atoms with van der Waals surface area (Å²) in [6.45, 7) is 0.361. The Hall–Kier alpha value is -3.10. The maximum atomic E-state index is 12.9. The van der Waals surface area contributed by atoms with Crippen molar-refractivity contribution in [2.45, 2.75) is 18.3 Å². The van der Waals surface area contributed by atoms with Crippen molar-refractivity contribution in [1.82, 2.24) is 10.6 Å². The van der Waals surface area contributed by atoms with Crippen LogP contribution in [-0.2, 0) is 9.59 Å².